The van der Waals surface area contributed by atoms with Crippen LogP contribution in [0.1, 0.15) is 0 Å². The lowest BCUT2D eigenvalue weighted by Gasteiger charge is -2.04. The maximum absolute atomic E-state index is 5.37. The van der Waals surface area contributed by atoms with Gasteiger partial charge in [0.25, 0.3) is 0 Å². The number of thiophene rings is 2. The van der Waals surface area contributed by atoms with Gasteiger partial charge in [0.05, 0.1) is 21.3 Å². The number of hydrogen-bond donors (Lipinski definition) is 0. The third kappa shape index (κ3) is 2.42. The Balaban J connectivity index is 1.49. The third-order valence-electron chi connectivity index (χ3n) is 7.25. The van der Waals surface area contributed by atoms with Crippen LogP contribution in [0, 0.1) is 0 Å². The Bertz CT molecular complexity index is 2330. The summed E-state index contributed by atoms with van der Waals surface area (Å²) in [4.78, 5) is 5.37. The fourth-order valence-electron chi connectivity index (χ4n) is 5.75. The van der Waals surface area contributed by atoms with Crippen LogP contribution in [0.15, 0.2) is 97.1 Å². The van der Waals surface area contributed by atoms with Gasteiger partial charge in [-0.25, -0.2) is 4.98 Å². The van der Waals surface area contributed by atoms with Crippen molar-refractivity contribution in [1.29, 1.82) is 0 Å². The molecule has 5 heteroatoms. The van der Waals surface area contributed by atoms with E-state index in [1.807, 2.05) is 22.7 Å². The predicted molar refractivity (Wildman–Crippen MR) is 160 cm³/mol. The van der Waals surface area contributed by atoms with Crippen LogP contribution >= 0.6 is 34.0 Å². The molecule has 0 spiro atoms. The highest BCUT2D eigenvalue weighted by atomic mass is 32.1. The van der Waals surface area contributed by atoms with Crippen molar-refractivity contribution in [3.05, 3.63) is 97.1 Å². The van der Waals surface area contributed by atoms with E-state index in [1.54, 1.807) is 11.3 Å². The molecule has 0 aliphatic carbocycles. The monoisotopic (exact) mass is 512 g/mol. The molecule has 0 aliphatic heterocycles. The Morgan fingerprint density at radius 1 is 0.472 bits per heavy atom. The molecule has 36 heavy (non-hydrogen) atoms. The SMILES string of the molecule is c1ccc2c(c1)sc1ccc3sc(-n4c5ccccc5c5ccc6sc7ccccc7c6c54)nc3c12. The molecule has 0 unspecified atom stereocenters. The van der Waals surface area contributed by atoms with E-state index in [4.69, 9.17) is 4.98 Å². The lowest BCUT2D eigenvalue weighted by Crippen LogP contribution is -1.93. The molecule has 0 radical (unpaired) electrons. The molecule has 0 bridgehead atoms. The lowest BCUT2D eigenvalue weighted by molar-refractivity contribution is 1.16. The number of fused-ring (bicyclic) bond motifs is 12. The number of nitrogens with zero attached hydrogens (tertiary/aromatic N) is 2. The van der Waals surface area contributed by atoms with E-state index >= 15 is 0 Å². The topological polar surface area (TPSA) is 17.8 Å². The highest BCUT2D eigenvalue weighted by molar-refractivity contribution is 7.27. The fourth-order valence-corrected chi connectivity index (χ4v) is 8.96. The van der Waals surface area contributed by atoms with E-state index in [2.05, 4.69) is 102 Å². The molecule has 0 saturated heterocycles. The second-order valence-electron chi connectivity index (χ2n) is 9.17. The molecule has 0 fully saturated rings. The van der Waals surface area contributed by atoms with Crippen LogP contribution in [0.5, 0.6) is 0 Å². The van der Waals surface area contributed by atoms with Crippen molar-refractivity contribution in [3.8, 4) is 5.13 Å². The van der Waals surface area contributed by atoms with Crippen LogP contribution in [-0.2, 0) is 0 Å². The summed E-state index contributed by atoms with van der Waals surface area (Å²) in [6.07, 6.45) is 0. The van der Waals surface area contributed by atoms with E-state index in [0.717, 1.165) is 10.6 Å². The summed E-state index contributed by atoms with van der Waals surface area (Å²) in [7, 11) is 0. The van der Waals surface area contributed by atoms with E-state index in [-0.39, 0.29) is 0 Å². The van der Waals surface area contributed by atoms with Gasteiger partial charge in [-0.15, -0.1) is 22.7 Å². The van der Waals surface area contributed by atoms with Crippen LogP contribution in [0.4, 0.5) is 0 Å². The standard InChI is InChI=1S/C31H16N2S3/c1-4-10-21-17(7-1)18-13-14-25-28(20-9-3-6-12-23(20)35-25)30(18)33(21)31-32-29-26(36-31)16-15-24-27(29)19-8-2-5-11-22(19)34-24/h1-16H. The summed E-state index contributed by atoms with van der Waals surface area (Å²) < 4.78 is 8.91. The molecular formula is C31H16N2S3. The largest absolute Gasteiger partial charge is 0.285 e. The molecule has 0 atom stereocenters. The molecule has 0 aliphatic rings. The van der Waals surface area contributed by atoms with Gasteiger partial charge in [0.1, 0.15) is 0 Å². The zero-order valence-electron chi connectivity index (χ0n) is 18.9. The summed E-state index contributed by atoms with van der Waals surface area (Å²) in [5.41, 5.74) is 3.58. The van der Waals surface area contributed by atoms with Crippen molar-refractivity contribution in [3.63, 3.8) is 0 Å². The Morgan fingerprint density at radius 2 is 1.08 bits per heavy atom. The fraction of sp³-hybridized carbons (Fsp3) is 0. The van der Waals surface area contributed by atoms with Crippen LogP contribution in [-0.4, -0.2) is 9.55 Å². The molecule has 168 valence electrons. The van der Waals surface area contributed by atoms with Gasteiger partial charge in [0.15, 0.2) is 5.13 Å². The van der Waals surface area contributed by atoms with Crippen molar-refractivity contribution in [2.24, 2.45) is 0 Å². The van der Waals surface area contributed by atoms with Gasteiger partial charge < -0.3 is 0 Å². The van der Waals surface area contributed by atoms with Crippen molar-refractivity contribution >= 4 is 106 Å². The number of para-hydroxylation sites is 1. The van der Waals surface area contributed by atoms with Gasteiger partial charge in [0, 0.05) is 51.1 Å². The smallest absolute Gasteiger partial charge is 0.195 e. The molecule has 0 amide bonds. The van der Waals surface area contributed by atoms with Crippen LogP contribution in [0.25, 0.3) is 77.5 Å². The van der Waals surface area contributed by atoms with Crippen molar-refractivity contribution < 1.29 is 0 Å². The second kappa shape index (κ2) is 6.92. The summed E-state index contributed by atoms with van der Waals surface area (Å²) in [5, 5.41) is 8.81. The van der Waals surface area contributed by atoms with Crippen LogP contribution < -0.4 is 0 Å². The van der Waals surface area contributed by atoms with Crippen molar-refractivity contribution in [1.82, 2.24) is 9.55 Å². The van der Waals surface area contributed by atoms with Crippen LogP contribution in [0.2, 0.25) is 0 Å². The molecule has 5 aromatic carbocycles. The first-order chi connectivity index (χ1) is 17.8. The molecular weight excluding hydrogens is 497 g/mol. The minimum absolute atomic E-state index is 1.03. The second-order valence-corrected chi connectivity index (χ2v) is 12.3. The molecule has 9 rings (SSSR count). The highest BCUT2D eigenvalue weighted by Crippen LogP contribution is 2.45. The highest BCUT2D eigenvalue weighted by Gasteiger charge is 2.21. The Hall–Kier alpha value is -3.77. The Labute approximate surface area is 217 Å². The molecule has 0 saturated carbocycles. The van der Waals surface area contributed by atoms with E-state index in [9.17, 15) is 0 Å². The summed E-state index contributed by atoms with van der Waals surface area (Å²) >= 11 is 5.51. The first-order valence-electron chi connectivity index (χ1n) is 11.9. The first kappa shape index (κ1) is 19.4. The molecule has 2 nitrogen and oxygen atoms in total. The molecule has 0 N–H and O–H groups in total. The number of rotatable bonds is 1. The van der Waals surface area contributed by atoms with Crippen molar-refractivity contribution in [2.45, 2.75) is 0 Å². The van der Waals surface area contributed by atoms with E-state index in [1.165, 1.54) is 66.9 Å². The van der Waals surface area contributed by atoms with E-state index in [0.29, 0.717) is 0 Å². The third-order valence-corrected chi connectivity index (χ3v) is 10.5. The van der Waals surface area contributed by atoms with Crippen molar-refractivity contribution in [2.75, 3.05) is 0 Å². The predicted octanol–water partition coefficient (Wildman–Crippen LogP) is 10.1. The molecule has 4 aromatic heterocycles. The maximum Gasteiger partial charge on any atom is 0.195 e. The lowest BCUT2D eigenvalue weighted by atomic mass is 10.1. The summed E-state index contributed by atoms with van der Waals surface area (Å²) in [6, 6.07) is 35.3. The van der Waals surface area contributed by atoms with Gasteiger partial charge in [-0.2, -0.15) is 0 Å². The number of benzene rings is 5. The zero-order valence-corrected chi connectivity index (χ0v) is 21.3. The zero-order chi connectivity index (χ0) is 23.4. The van der Waals surface area contributed by atoms with E-state index < -0.39 is 0 Å². The summed E-state index contributed by atoms with van der Waals surface area (Å²) in [6.45, 7) is 0. The Kier molecular flexibility index (Phi) is 3.73. The number of hydrogen-bond acceptors (Lipinski definition) is 4. The van der Waals surface area contributed by atoms with Gasteiger partial charge in [-0.3, -0.25) is 4.57 Å². The number of thiazole rings is 1. The quantitative estimate of drug-likeness (QED) is 0.214. The van der Waals surface area contributed by atoms with Gasteiger partial charge in [-0.1, -0.05) is 72.0 Å². The summed E-state index contributed by atoms with van der Waals surface area (Å²) in [5.74, 6) is 0. The van der Waals surface area contributed by atoms with Crippen LogP contribution in [0.3, 0.4) is 0 Å². The van der Waals surface area contributed by atoms with Gasteiger partial charge in [-0.05, 0) is 36.4 Å². The van der Waals surface area contributed by atoms with Gasteiger partial charge in [0.2, 0.25) is 0 Å². The minimum Gasteiger partial charge on any atom is -0.285 e. The first-order valence-corrected chi connectivity index (χ1v) is 14.3. The molecule has 9 aromatic rings. The van der Waals surface area contributed by atoms with Gasteiger partial charge >= 0.3 is 0 Å². The Morgan fingerprint density at radius 3 is 1.89 bits per heavy atom. The average molecular weight is 513 g/mol. The average Bonchev–Trinajstić information content (AvgIpc) is 3.66. The molecule has 4 heterocycles. The number of aromatic nitrogens is 2. The maximum atomic E-state index is 5.37. The minimum atomic E-state index is 1.03. The normalized spacial score (nSPS) is 12.4.